The highest BCUT2D eigenvalue weighted by Crippen LogP contribution is 2.19. The van der Waals surface area contributed by atoms with Crippen LogP contribution in [0.25, 0.3) is 11.0 Å². The van der Waals surface area contributed by atoms with Gasteiger partial charge in [0.05, 0.1) is 11.6 Å². The summed E-state index contributed by atoms with van der Waals surface area (Å²) in [5.74, 6) is -0.142. The minimum Gasteiger partial charge on any atom is -0.464 e. The number of aryl methyl sites for hydroxylation is 1. The highest BCUT2D eigenvalue weighted by molar-refractivity contribution is 9.10. The van der Waals surface area contributed by atoms with Crippen LogP contribution >= 0.6 is 15.9 Å². The van der Waals surface area contributed by atoms with Gasteiger partial charge in [0.15, 0.2) is 11.2 Å². The van der Waals surface area contributed by atoms with E-state index in [2.05, 4.69) is 21.2 Å². The SMILES string of the molecule is Cc1ccc(C(=O)/C(=C/Nc2ccc(Br)cc2)Cc2coc3ccccc3c2=O)cc1. The van der Waals surface area contributed by atoms with Crippen molar-refractivity contribution < 1.29 is 9.21 Å². The topological polar surface area (TPSA) is 59.3 Å². The number of carbonyl (C=O) groups excluding carboxylic acids is 1. The van der Waals surface area contributed by atoms with Gasteiger partial charge in [0.25, 0.3) is 0 Å². The van der Waals surface area contributed by atoms with Crippen molar-refractivity contribution in [3.63, 3.8) is 0 Å². The van der Waals surface area contributed by atoms with E-state index in [1.54, 1.807) is 36.5 Å². The number of benzene rings is 3. The van der Waals surface area contributed by atoms with Crippen molar-refractivity contribution in [1.82, 2.24) is 0 Å². The molecule has 154 valence electrons. The van der Waals surface area contributed by atoms with Crippen LogP contribution in [0.3, 0.4) is 0 Å². The molecule has 0 spiro atoms. The van der Waals surface area contributed by atoms with Crippen molar-refractivity contribution in [2.75, 3.05) is 5.32 Å². The fourth-order valence-electron chi connectivity index (χ4n) is 3.25. The van der Waals surface area contributed by atoms with E-state index < -0.39 is 0 Å². The standard InChI is InChI=1S/C26H20BrNO3/c1-17-6-8-18(9-7-17)25(29)19(15-28-22-12-10-21(27)11-13-22)14-20-16-31-24-5-3-2-4-23(24)26(20)30/h2-13,15-16,28H,14H2,1H3/b19-15+. The third-order valence-corrected chi connectivity index (χ3v) is 5.52. The maximum absolute atomic E-state index is 13.3. The van der Waals surface area contributed by atoms with Crippen LogP contribution in [0.5, 0.6) is 0 Å². The lowest BCUT2D eigenvalue weighted by Crippen LogP contribution is -2.14. The Hall–Kier alpha value is -3.44. The Kier molecular flexibility index (Phi) is 6.14. The van der Waals surface area contributed by atoms with E-state index in [4.69, 9.17) is 4.42 Å². The molecule has 0 aliphatic heterocycles. The second-order valence-corrected chi connectivity index (χ2v) is 8.19. The summed E-state index contributed by atoms with van der Waals surface area (Å²) in [5.41, 5.74) is 3.78. The Morgan fingerprint density at radius 2 is 1.71 bits per heavy atom. The first kappa shape index (κ1) is 20.8. The Morgan fingerprint density at radius 3 is 2.45 bits per heavy atom. The van der Waals surface area contributed by atoms with Crippen molar-refractivity contribution in [2.45, 2.75) is 13.3 Å². The number of hydrogen-bond acceptors (Lipinski definition) is 4. The number of allylic oxidation sites excluding steroid dienone is 1. The van der Waals surface area contributed by atoms with Gasteiger partial charge in [0.1, 0.15) is 5.58 Å². The molecule has 5 heteroatoms. The molecule has 1 aromatic heterocycles. The second kappa shape index (κ2) is 9.14. The number of halogens is 1. The number of anilines is 1. The first-order valence-corrected chi connectivity index (χ1v) is 10.6. The molecule has 3 aromatic carbocycles. The van der Waals surface area contributed by atoms with E-state index in [0.717, 1.165) is 15.7 Å². The molecule has 1 N–H and O–H groups in total. The third-order valence-electron chi connectivity index (χ3n) is 5.00. The summed E-state index contributed by atoms with van der Waals surface area (Å²) in [5, 5.41) is 3.68. The minimum atomic E-state index is -0.142. The predicted molar refractivity (Wildman–Crippen MR) is 128 cm³/mol. The zero-order valence-corrected chi connectivity index (χ0v) is 18.5. The number of ketones is 1. The Morgan fingerprint density at radius 1 is 1.00 bits per heavy atom. The van der Waals surface area contributed by atoms with Crippen LogP contribution < -0.4 is 10.7 Å². The lowest BCUT2D eigenvalue weighted by atomic mass is 9.97. The molecule has 0 bridgehead atoms. The molecular formula is C26H20BrNO3. The monoisotopic (exact) mass is 473 g/mol. The molecule has 0 radical (unpaired) electrons. The van der Waals surface area contributed by atoms with Gasteiger partial charge in [-0.25, -0.2) is 0 Å². The summed E-state index contributed by atoms with van der Waals surface area (Å²) in [4.78, 5) is 26.2. The van der Waals surface area contributed by atoms with Crippen molar-refractivity contribution in [3.05, 3.63) is 122 Å². The van der Waals surface area contributed by atoms with Crippen LogP contribution in [-0.2, 0) is 6.42 Å². The van der Waals surface area contributed by atoms with Crippen LogP contribution in [0.1, 0.15) is 21.5 Å². The van der Waals surface area contributed by atoms with Crippen LogP contribution in [0.4, 0.5) is 5.69 Å². The molecule has 4 aromatic rings. The zero-order valence-electron chi connectivity index (χ0n) is 16.9. The van der Waals surface area contributed by atoms with Gasteiger partial charge >= 0.3 is 0 Å². The molecule has 4 rings (SSSR count). The van der Waals surface area contributed by atoms with Crippen molar-refractivity contribution in [3.8, 4) is 0 Å². The molecule has 0 unspecified atom stereocenters. The minimum absolute atomic E-state index is 0.131. The molecule has 0 saturated carbocycles. The lowest BCUT2D eigenvalue weighted by molar-refractivity contribution is 0.103. The largest absolute Gasteiger partial charge is 0.464 e. The van der Waals surface area contributed by atoms with Crippen LogP contribution in [0.15, 0.2) is 105 Å². The summed E-state index contributed by atoms with van der Waals surface area (Å²) in [6.45, 7) is 1.97. The van der Waals surface area contributed by atoms with E-state index in [9.17, 15) is 9.59 Å². The van der Waals surface area contributed by atoms with Crippen LogP contribution in [-0.4, -0.2) is 5.78 Å². The number of rotatable bonds is 6. The molecule has 0 aliphatic rings. The quantitative estimate of drug-likeness (QED) is 0.264. The molecule has 0 fully saturated rings. The van der Waals surface area contributed by atoms with E-state index in [1.807, 2.05) is 49.4 Å². The number of hydrogen-bond donors (Lipinski definition) is 1. The molecular weight excluding hydrogens is 454 g/mol. The average molecular weight is 474 g/mol. The van der Waals surface area contributed by atoms with Crippen molar-refractivity contribution in [2.24, 2.45) is 0 Å². The summed E-state index contributed by atoms with van der Waals surface area (Å²) < 4.78 is 6.60. The summed E-state index contributed by atoms with van der Waals surface area (Å²) >= 11 is 3.41. The van der Waals surface area contributed by atoms with Gasteiger partial charge in [-0.15, -0.1) is 0 Å². The van der Waals surface area contributed by atoms with Gasteiger partial charge in [0, 0.05) is 39.5 Å². The first-order chi connectivity index (χ1) is 15.0. The molecule has 0 saturated heterocycles. The highest BCUT2D eigenvalue weighted by Gasteiger charge is 2.16. The lowest BCUT2D eigenvalue weighted by Gasteiger charge is -2.10. The second-order valence-electron chi connectivity index (χ2n) is 7.28. The van der Waals surface area contributed by atoms with Gasteiger partial charge in [-0.05, 0) is 43.3 Å². The van der Waals surface area contributed by atoms with Gasteiger partial charge in [-0.3, -0.25) is 9.59 Å². The maximum atomic E-state index is 13.3. The van der Waals surface area contributed by atoms with Gasteiger partial charge in [-0.1, -0.05) is 57.9 Å². The normalized spacial score (nSPS) is 11.5. The van der Waals surface area contributed by atoms with Crippen molar-refractivity contribution >= 4 is 38.4 Å². The van der Waals surface area contributed by atoms with E-state index in [1.165, 1.54) is 6.26 Å². The molecule has 4 nitrogen and oxygen atoms in total. The summed E-state index contributed by atoms with van der Waals surface area (Å²) in [6.07, 6.45) is 3.27. The maximum Gasteiger partial charge on any atom is 0.196 e. The number of carbonyl (C=O) groups is 1. The van der Waals surface area contributed by atoms with E-state index >= 15 is 0 Å². The van der Waals surface area contributed by atoms with Crippen LogP contribution in [0, 0.1) is 6.92 Å². The molecule has 1 heterocycles. The number of Topliss-reactive ketones (excluding diaryl/α,β-unsaturated/α-hetero) is 1. The first-order valence-electron chi connectivity index (χ1n) is 9.83. The molecule has 0 aliphatic carbocycles. The van der Waals surface area contributed by atoms with E-state index in [-0.39, 0.29) is 17.6 Å². The molecule has 0 atom stereocenters. The summed E-state index contributed by atoms with van der Waals surface area (Å²) in [7, 11) is 0. The third kappa shape index (κ3) is 4.84. The Bertz CT molecular complexity index is 1320. The number of nitrogens with one attached hydrogen (secondary N) is 1. The highest BCUT2D eigenvalue weighted by atomic mass is 79.9. The predicted octanol–water partition coefficient (Wildman–Crippen LogP) is 6.29. The number of fused-ring (bicyclic) bond motifs is 1. The van der Waals surface area contributed by atoms with E-state index in [0.29, 0.717) is 27.7 Å². The van der Waals surface area contributed by atoms with Gasteiger partial charge in [0.2, 0.25) is 0 Å². The number of para-hydroxylation sites is 1. The average Bonchev–Trinajstić information content (AvgIpc) is 2.79. The zero-order chi connectivity index (χ0) is 21.8. The fourth-order valence-corrected chi connectivity index (χ4v) is 3.51. The fraction of sp³-hybridized carbons (Fsp3) is 0.0769. The Labute approximate surface area is 188 Å². The van der Waals surface area contributed by atoms with Gasteiger partial charge in [-0.2, -0.15) is 0 Å². The molecule has 0 amide bonds. The van der Waals surface area contributed by atoms with Crippen molar-refractivity contribution in [1.29, 1.82) is 0 Å². The van der Waals surface area contributed by atoms with Gasteiger partial charge < -0.3 is 9.73 Å². The smallest absolute Gasteiger partial charge is 0.196 e. The van der Waals surface area contributed by atoms with Crippen LogP contribution in [0.2, 0.25) is 0 Å². The Balaban J connectivity index is 1.71. The summed E-state index contributed by atoms with van der Waals surface area (Å²) in [6, 6.07) is 22.1. The molecule has 31 heavy (non-hydrogen) atoms.